The summed E-state index contributed by atoms with van der Waals surface area (Å²) < 4.78 is 25.3. The Hall–Kier alpha value is -2.34. The molecule has 6 heteroatoms. The van der Waals surface area contributed by atoms with Crippen LogP contribution in [0.1, 0.15) is 21.5 Å². The van der Waals surface area contributed by atoms with Crippen molar-refractivity contribution in [3.05, 3.63) is 65.2 Å². The molecule has 24 heavy (non-hydrogen) atoms. The average molecular weight is 346 g/mol. The first-order valence-electron chi connectivity index (χ1n) is 7.66. The van der Waals surface area contributed by atoms with Gasteiger partial charge in [-0.25, -0.2) is 8.42 Å². The summed E-state index contributed by atoms with van der Waals surface area (Å²) in [7, 11) is -3.42. The minimum atomic E-state index is -3.42. The minimum absolute atomic E-state index is 0.180. The van der Waals surface area contributed by atoms with Gasteiger partial charge in [0.25, 0.3) is 5.91 Å². The number of benzene rings is 2. The predicted octanol–water partition coefficient (Wildman–Crippen LogP) is 2.50. The number of hydrogen-bond donors (Lipinski definition) is 1. The van der Waals surface area contributed by atoms with Crippen molar-refractivity contribution in [3.63, 3.8) is 0 Å². The van der Waals surface area contributed by atoms with E-state index in [-0.39, 0.29) is 19.0 Å². The third-order valence-electron chi connectivity index (χ3n) is 3.60. The molecule has 0 unspecified atom stereocenters. The van der Waals surface area contributed by atoms with Crippen LogP contribution in [-0.2, 0) is 10.0 Å². The lowest BCUT2D eigenvalue weighted by atomic mass is 10.1. The Bertz CT molecular complexity index is 814. The van der Waals surface area contributed by atoms with E-state index in [1.165, 1.54) is 4.31 Å². The van der Waals surface area contributed by atoms with E-state index in [9.17, 15) is 13.2 Å². The van der Waals surface area contributed by atoms with Crippen LogP contribution in [0.2, 0.25) is 0 Å². The monoisotopic (exact) mass is 346 g/mol. The second-order valence-electron chi connectivity index (χ2n) is 5.80. The smallest absolute Gasteiger partial charge is 0.251 e. The standard InChI is InChI=1S/C18H22N2O3S/c1-14-7-9-17(10-8-14)20(24(3,22)23)12-11-19-18(21)16-6-4-5-15(2)13-16/h4-10,13H,11-12H2,1-3H3,(H,19,21). The van der Waals surface area contributed by atoms with Crippen LogP contribution in [0.4, 0.5) is 5.69 Å². The number of hydrogen-bond acceptors (Lipinski definition) is 3. The SMILES string of the molecule is Cc1ccc(N(CCNC(=O)c2cccc(C)c2)S(C)(=O)=O)cc1. The van der Waals surface area contributed by atoms with Crippen LogP contribution < -0.4 is 9.62 Å². The molecule has 128 valence electrons. The Morgan fingerprint density at radius 2 is 1.71 bits per heavy atom. The molecule has 0 aliphatic heterocycles. The summed E-state index contributed by atoms with van der Waals surface area (Å²) in [5.74, 6) is -0.212. The normalized spacial score (nSPS) is 11.1. The molecule has 0 heterocycles. The number of aryl methyl sites for hydroxylation is 2. The summed E-state index contributed by atoms with van der Waals surface area (Å²) >= 11 is 0. The maximum absolute atomic E-state index is 12.1. The lowest BCUT2D eigenvalue weighted by Crippen LogP contribution is -2.38. The van der Waals surface area contributed by atoms with Crippen molar-refractivity contribution in [1.29, 1.82) is 0 Å². The Balaban J connectivity index is 2.04. The van der Waals surface area contributed by atoms with E-state index >= 15 is 0 Å². The molecular formula is C18H22N2O3S. The molecule has 0 saturated carbocycles. The maximum atomic E-state index is 12.1. The van der Waals surface area contributed by atoms with Gasteiger partial charge in [0.05, 0.1) is 18.5 Å². The highest BCUT2D eigenvalue weighted by Gasteiger charge is 2.17. The van der Waals surface area contributed by atoms with E-state index in [0.29, 0.717) is 11.3 Å². The quantitative estimate of drug-likeness (QED) is 0.874. The highest BCUT2D eigenvalue weighted by molar-refractivity contribution is 7.92. The number of sulfonamides is 1. The third kappa shape index (κ3) is 4.83. The lowest BCUT2D eigenvalue weighted by Gasteiger charge is -2.22. The average Bonchev–Trinajstić information content (AvgIpc) is 2.51. The molecule has 5 nitrogen and oxygen atoms in total. The highest BCUT2D eigenvalue weighted by Crippen LogP contribution is 2.17. The topological polar surface area (TPSA) is 66.5 Å². The van der Waals surface area contributed by atoms with E-state index in [1.807, 2.05) is 38.1 Å². The Labute approximate surface area is 143 Å². The molecule has 0 atom stereocenters. The van der Waals surface area contributed by atoms with Gasteiger partial charge in [0.15, 0.2) is 0 Å². The van der Waals surface area contributed by atoms with Crippen LogP contribution in [-0.4, -0.2) is 33.7 Å². The third-order valence-corrected chi connectivity index (χ3v) is 4.80. The van der Waals surface area contributed by atoms with Crippen molar-refractivity contribution in [2.75, 3.05) is 23.7 Å². The van der Waals surface area contributed by atoms with Gasteiger partial charge in [0.1, 0.15) is 0 Å². The lowest BCUT2D eigenvalue weighted by molar-refractivity contribution is 0.0954. The van der Waals surface area contributed by atoms with Crippen LogP contribution in [0.3, 0.4) is 0 Å². The molecule has 0 spiro atoms. The number of anilines is 1. The summed E-state index contributed by atoms with van der Waals surface area (Å²) in [6.45, 7) is 4.27. The summed E-state index contributed by atoms with van der Waals surface area (Å²) in [5.41, 5.74) is 3.21. The Morgan fingerprint density at radius 3 is 2.29 bits per heavy atom. The van der Waals surface area contributed by atoms with Gasteiger partial charge in [-0.2, -0.15) is 0 Å². The number of rotatable bonds is 6. The fourth-order valence-electron chi connectivity index (χ4n) is 2.36. The first kappa shape index (κ1) is 18.0. The van der Waals surface area contributed by atoms with E-state index in [2.05, 4.69) is 5.32 Å². The fraction of sp³-hybridized carbons (Fsp3) is 0.278. The molecule has 1 N–H and O–H groups in total. The second-order valence-corrected chi connectivity index (χ2v) is 7.70. The van der Waals surface area contributed by atoms with Gasteiger partial charge in [0.2, 0.25) is 10.0 Å². The molecule has 0 bridgehead atoms. The van der Waals surface area contributed by atoms with E-state index in [4.69, 9.17) is 0 Å². The number of nitrogens with one attached hydrogen (secondary N) is 1. The molecule has 2 aromatic carbocycles. The zero-order valence-corrected chi connectivity index (χ0v) is 14.9. The minimum Gasteiger partial charge on any atom is -0.350 e. The van der Waals surface area contributed by atoms with Crippen LogP contribution in [0, 0.1) is 13.8 Å². The van der Waals surface area contributed by atoms with Gasteiger partial charge in [0, 0.05) is 12.1 Å². The van der Waals surface area contributed by atoms with E-state index < -0.39 is 10.0 Å². The Morgan fingerprint density at radius 1 is 1.04 bits per heavy atom. The highest BCUT2D eigenvalue weighted by atomic mass is 32.2. The van der Waals surface area contributed by atoms with Crippen LogP contribution in [0.5, 0.6) is 0 Å². The van der Waals surface area contributed by atoms with Crippen LogP contribution in [0.25, 0.3) is 0 Å². The molecular weight excluding hydrogens is 324 g/mol. The van der Waals surface area contributed by atoms with Crippen LogP contribution in [0.15, 0.2) is 48.5 Å². The Kier molecular flexibility index (Phi) is 5.62. The number of nitrogens with zero attached hydrogens (tertiary/aromatic N) is 1. The zero-order valence-electron chi connectivity index (χ0n) is 14.1. The van der Waals surface area contributed by atoms with Crippen molar-refractivity contribution in [2.45, 2.75) is 13.8 Å². The number of carbonyl (C=O) groups excluding carboxylic acids is 1. The molecule has 2 rings (SSSR count). The van der Waals surface area contributed by atoms with Crippen molar-refractivity contribution < 1.29 is 13.2 Å². The molecule has 0 radical (unpaired) electrons. The van der Waals surface area contributed by atoms with Crippen LogP contribution >= 0.6 is 0 Å². The van der Waals surface area contributed by atoms with Crippen molar-refractivity contribution in [1.82, 2.24) is 5.32 Å². The molecule has 2 aromatic rings. The molecule has 1 amide bonds. The van der Waals surface area contributed by atoms with Crippen molar-refractivity contribution in [3.8, 4) is 0 Å². The molecule has 0 fully saturated rings. The summed E-state index contributed by atoms with van der Waals surface area (Å²) in [5, 5.41) is 2.76. The van der Waals surface area contributed by atoms with Gasteiger partial charge < -0.3 is 5.32 Å². The summed E-state index contributed by atoms with van der Waals surface area (Å²) in [6, 6.07) is 14.5. The first-order chi connectivity index (χ1) is 11.3. The number of carbonyl (C=O) groups is 1. The van der Waals surface area contributed by atoms with Gasteiger partial charge in [-0.15, -0.1) is 0 Å². The van der Waals surface area contributed by atoms with Gasteiger partial charge in [-0.05, 0) is 38.1 Å². The molecule has 0 saturated heterocycles. The van der Waals surface area contributed by atoms with Gasteiger partial charge in [-0.1, -0.05) is 35.4 Å². The maximum Gasteiger partial charge on any atom is 0.251 e. The zero-order chi connectivity index (χ0) is 17.7. The largest absolute Gasteiger partial charge is 0.350 e. The second kappa shape index (κ2) is 7.49. The fourth-order valence-corrected chi connectivity index (χ4v) is 3.28. The summed E-state index contributed by atoms with van der Waals surface area (Å²) in [6.07, 6.45) is 1.16. The van der Waals surface area contributed by atoms with E-state index in [1.54, 1.807) is 24.3 Å². The van der Waals surface area contributed by atoms with Crippen molar-refractivity contribution in [2.24, 2.45) is 0 Å². The van der Waals surface area contributed by atoms with Gasteiger partial charge >= 0.3 is 0 Å². The van der Waals surface area contributed by atoms with Gasteiger partial charge in [-0.3, -0.25) is 9.10 Å². The van der Waals surface area contributed by atoms with Crippen molar-refractivity contribution >= 4 is 21.6 Å². The van der Waals surface area contributed by atoms with E-state index in [0.717, 1.165) is 17.4 Å². The number of amides is 1. The first-order valence-corrected chi connectivity index (χ1v) is 9.51. The summed E-state index contributed by atoms with van der Waals surface area (Å²) in [4.78, 5) is 12.1. The molecule has 0 aromatic heterocycles. The predicted molar refractivity (Wildman–Crippen MR) is 96.9 cm³/mol. The molecule has 0 aliphatic carbocycles. The molecule has 0 aliphatic rings.